The quantitative estimate of drug-likeness (QED) is 0.636. The van der Waals surface area contributed by atoms with Gasteiger partial charge < -0.3 is 20.3 Å². The molecule has 0 aromatic carbocycles. The molecular formula is C16H27N5O. The number of aliphatic imine (C=N–C) groups is 1. The lowest BCUT2D eigenvalue weighted by Crippen LogP contribution is -2.41. The molecule has 0 bridgehead atoms. The minimum Gasteiger partial charge on any atom is -0.375 e. The molecule has 2 N–H and O–H groups in total. The molecule has 6 heteroatoms. The van der Waals surface area contributed by atoms with Gasteiger partial charge in [0.05, 0.1) is 19.3 Å². The van der Waals surface area contributed by atoms with E-state index in [1.807, 2.05) is 6.20 Å². The van der Waals surface area contributed by atoms with Gasteiger partial charge in [0, 0.05) is 32.4 Å². The first-order chi connectivity index (χ1) is 10.7. The van der Waals surface area contributed by atoms with E-state index < -0.39 is 0 Å². The second-order valence-corrected chi connectivity index (χ2v) is 5.38. The standard InChI is InChI=1S/C16H27N5O/c1-4-17-16(18-5-2)20-11-14-6-7-15(19-10-14)21-8-9-22-13(3)12-21/h6-7,10,13H,4-5,8-9,11-12H2,1-3H3,(H2,17,18,20)/t13-/m0/s1. The van der Waals surface area contributed by atoms with Gasteiger partial charge in [-0.15, -0.1) is 0 Å². The lowest BCUT2D eigenvalue weighted by molar-refractivity contribution is 0.0529. The number of ether oxygens (including phenoxy) is 1. The van der Waals surface area contributed by atoms with Crippen LogP contribution in [-0.2, 0) is 11.3 Å². The van der Waals surface area contributed by atoms with Crippen LogP contribution >= 0.6 is 0 Å². The van der Waals surface area contributed by atoms with Gasteiger partial charge in [-0.05, 0) is 32.4 Å². The minimum atomic E-state index is 0.266. The number of rotatable bonds is 5. The van der Waals surface area contributed by atoms with Gasteiger partial charge in [0.25, 0.3) is 0 Å². The first-order valence-electron chi connectivity index (χ1n) is 8.06. The van der Waals surface area contributed by atoms with Crippen molar-refractivity contribution in [2.45, 2.75) is 33.4 Å². The monoisotopic (exact) mass is 305 g/mol. The zero-order valence-corrected chi connectivity index (χ0v) is 13.8. The highest BCUT2D eigenvalue weighted by molar-refractivity contribution is 5.79. The summed E-state index contributed by atoms with van der Waals surface area (Å²) >= 11 is 0. The predicted molar refractivity (Wildman–Crippen MR) is 90.4 cm³/mol. The molecule has 2 rings (SSSR count). The number of guanidine groups is 1. The molecular weight excluding hydrogens is 278 g/mol. The number of pyridine rings is 1. The van der Waals surface area contributed by atoms with Crippen LogP contribution in [0.5, 0.6) is 0 Å². The van der Waals surface area contributed by atoms with Crippen molar-refractivity contribution >= 4 is 11.8 Å². The zero-order valence-electron chi connectivity index (χ0n) is 13.8. The normalized spacial score (nSPS) is 18.0. The molecule has 0 aliphatic carbocycles. The van der Waals surface area contributed by atoms with Crippen molar-refractivity contribution < 1.29 is 4.74 Å². The molecule has 1 aromatic rings. The second kappa shape index (κ2) is 8.58. The average Bonchev–Trinajstić information content (AvgIpc) is 2.53. The number of hydrogen-bond donors (Lipinski definition) is 2. The van der Waals surface area contributed by atoms with Crippen molar-refractivity contribution in [2.75, 3.05) is 37.7 Å². The minimum absolute atomic E-state index is 0.266. The van der Waals surface area contributed by atoms with Crippen LogP contribution in [0.1, 0.15) is 26.3 Å². The van der Waals surface area contributed by atoms with Gasteiger partial charge in [-0.3, -0.25) is 0 Å². The van der Waals surface area contributed by atoms with Gasteiger partial charge in [-0.25, -0.2) is 9.98 Å². The number of aromatic nitrogens is 1. The van der Waals surface area contributed by atoms with Crippen LogP contribution in [-0.4, -0.2) is 49.8 Å². The topological polar surface area (TPSA) is 61.8 Å². The zero-order chi connectivity index (χ0) is 15.8. The maximum absolute atomic E-state index is 5.56. The van der Waals surface area contributed by atoms with Crippen molar-refractivity contribution in [3.63, 3.8) is 0 Å². The van der Waals surface area contributed by atoms with Crippen LogP contribution in [0.3, 0.4) is 0 Å². The molecule has 1 atom stereocenters. The first kappa shape index (κ1) is 16.5. The van der Waals surface area contributed by atoms with Crippen LogP contribution in [0, 0.1) is 0 Å². The fourth-order valence-corrected chi connectivity index (χ4v) is 2.40. The fourth-order valence-electron chi connectivity index (χ4n) is 2.40. The fraction of sp³-hybridized carbons (Fsp3) is 0.625. The Balaban J connectivity index is 1.95. The summed E-state index contributed by atoms with van der Waals surface area (Å²) in [5, 5.41) is 6.44. The predicted octanol–water partition coefficient (Wildman–Crippen LogP) is 1.38. The van der Waals surface area contributed by atoms with E-state index in [0.29, 0.717) is 6.54 Å². The van der Waals surface area contributed by atoms with Gasteiger partial charge >= 0.3 is 0 Å². The summed E-state index contributed by atoms with van der Waals surface area (Å²) in [7, 11) is 0. The van der Waals surface area contributed by atoms with Gasteiger partial charge in [0.15, 0.2) is 5.96 Å². The second-order valence-electron chi connectivity index (χ2n) is 5.38. The van der Waals surface area contributed by atoms with Crippen LogP contribution in [0.15, 0.2) is 23.3 Å². The summed E-state index contributed by atoms with van der Waals surface area (Å²) in [4.78, 5) is 11.4. The van der Waals surface area contributed by atoms with E-state index in [9.17, 15) is 0 Å². The van der Waals surface area contributed by atoms with Gasteiger partial charge in [-0.2, -0.15) is 0 Å². The van der Waals surface area contributed by atoms with Crippen molar-refractivity contribution in [1.29, 1.82) is 0 Å². The molecule has 0 unspecified atom stereocenters. The van der Waals surface area contributed by atoms with E-state index in [2.05, 4.69) is 58.4 Å². The number of nitrogens with one attached hydrogen (secondary N) is 2. The molecule has 0 spiro atoms. The smallest absolute Gasteiger partial charge is 0.191 e. The average molecular weight is 305 g/mol. The first-order valence-corrected chi connectivity index (χ1v) is 8.06. The molecule has 1 aliphatic heterocycles. The summed E-state index contributed by atoms with van der Waals surface area (Å²) in [5.74, 6) is 1.86. The third-order valence-electron chi connectivity index (χ3n) is 3.48. The van der Waals surface area contributed by atoms with Crippen molar-refractivity contribution in [1.82, 2.24) is 15.6 Å². The Morgan fingerprint density at radius 2 is 2.14 bits per heavy atom. The number of hydrogen-bond acceptors (Lipinski definition) is 4. The Morgan fingerprint density at radius 3 is 2.73 bits per heavy atom. The maximum atomic E-state index is 5.56. The molecule has 0 amide bonds. The van der Waals surface area contributed by atoms with Crippen molar-refractivity contribution in [3.8, 4) is 0 Å². The number of nitrogens with zero attached hydrogens (tertiary/aromatic N) is 3. The van der Waals surface area contributed by atoms with Crippen LogP contribution in [0.4, 0.5) is 5.82 Å². The van der Waals surface area contributed by atoms with Crippen molar-refractivity contribution in [3.05, 3.63) is 23.9 Å². The van der Waals surface area contributed by atoms with Crippen LogP contribution < -0.4 is 15.5 Å². The molecule has 0 saturated carbocycles. The molecule has 6 nitrogen and oxygen atoms in total. The molecule has 1 aromatic heterocycles. The lowest BCUT2D eigenvalue weighted by atomic mass is 10.2. The molecule has 0 radical (unpaired) electrons. The third-order valence-corrected chi connectivity index (χ3v) is 3.48. The largest absolute Gasteiger partial charge is 0.375 e. The van der Waals surface area contributed by atoms with Crippen LogP contribution in [0.2, 0.25) is 0 Å². The highest BCUT2D eigenvalue weighted by Gasteiger charge is 2.17. The summed E-state index contributed by atoms with van der Waals surface area (Å²) in [6.07, 6.45) is 2.18. The molecule has 1 fully saturated rings. The molecule has 122 valence electrons. The van der Waals surface area contributed by atoms with Gasteiger partial charge in [-0.1, -0.05) is 6.07 Å². The molecule has 2 heterocycles. The summed E-state index contributed by atoms with van der Waals surface area (Å²) in [6.45, 7) is 11.1. The third kappa shape index (κ3) is 4.87. The number of anilines is 1. The Bertz CT molecular complexity index is 466. The Kier molecular flexibility index (Phi) is 6.45. The van der Waals surface area contributed by atoms with Crippen LogP contribution in [0.25, 0.3) is 0 Å². The Labute approximate surface area is 133 Å². The lowest BCUT2D eigenvalue weighted by Gasteiger charge is -2.32. The van der Waals surface area contributed by atoms with E-state index in [0.717, 1.165) is 50.1 Å². The van der Waals surface area contributed by atoms with E-state index in [1.54, 1.807) is 0 Å². The highest BCUT2D eigenvalue weighted by Crippen LogP contribution is 2.15. The SMILES string of the molecule is CCNC(=NCc1ccc(N2CCO[C@@H](C)C2)nc1)NCC. The molecule has 1 aliphatic rings. The summed E-state index contributed by atoms with van der Waals surface area (Å²) < 4.78 is 5.56. The van der Waals surface area contributed by atoms with E-state index in [1.165, 1.54) is 0 Å². The highest BCUT2D eigenvalue weighted by atomic mass is 16.5. The van der Waals surface area contributed by atoms with Gasteiger partial charge in [0.2, 0.25) is 0 Å². The van der Waals surface area contributed by atoms with E-state index >= 15 is 0 Å². The molecule has 1 saturated heterocycles. The Hall–Kier alpha value is -1.82. The van der Waals surface area contributed by atoms with Crippen molar-refractivity contribution in [2.24, 2.45) is 4.99 Å². The number of morpholine rings is 1. The molecule has 22 heavy (non-hydrogen) atoms. The summed E-state index contributed by atoms with van der Waals surface area (Å²) in [6, 6.07) is 4.17. The van der Waals surface area contributed by atoms with E-state index in [4.69, 9.17) is 4.74 Å². The summed E-state index contributed by atoms with van der Waals surface area (Å²) in [5.41, 5.74) is 1.11. The van der Waals surface area contributed by atoms with Gasteiger partial charge in [0.1, 0.15) is 5.82 Å². The Morgan fingerprint density at radius 1 is 1.36 bits per heavy atom. The maximum Gasteiger partial charge on any atom is 0.191 e. The van der Waals surface area contributed by atoms with E-state index in [-0.39, 0.29) is 6.10 Å².